The van der Waals surface area contributed by atoms with Crippen LogP contribution in [-0.4, -0.2) is 28.5 Å². The average molecular weight is 319 g/mol. The van der Waals surface area contributed by atoms with E-state index in [1.54, 1.807) is 43.3 Å². The minimum absolute atomic E-state index is 0.195. The van der Waals surface area contributed by atoms with Crippen LogP contribution in [0.2, 0.25) is 0 Å². The van der Waals surface area contributed by atoms with E-state index in [1.165, 1.54) is 30.6 Å². The lowest BCUT2D eigenvalue weighted by Crippen LogP contribution is -2.27. The Morgan fingerprint density at radius 3 is 2.27 bits per heavy atom. The van der Waals surface area contributed by atoms with Crippen molar-refractivity contribution in [2.75, 3.05) is 18.5 Å². The molecule has 2 rings (SSSR count). The molecule has 0 radical (unpaired) electrons. The lowest BCUT2D eigenvalue weighted by molar-refractivity contribution is 0.0600. The van der Waals surface area contributed by atoms with Crippen molar-refractivity contribution in [1.29, 1.82) is 0 Å². The minimum Gasteiger partial charge on any atom is -0.465 e. The van der Waals surface area contributed by atoms with Crippen LogP contribution in [0.15, 0.2) is 53.4 Å². The summed E-state index contributed by atoms with van der Waals surface area (Å²) in [5.74, 6) is -0.496. The zero-order valence-electron chi connectivity index (χ0n) is 12.6. The molecule has 116 valence electrons. The quantitative estimate of drug-likeness (QED) is 0.813. The van der Waals surface area contributed by atoms with Crippen LogP contribution in [-0.2, 0) is 14.8 Å². The Hall–Kier alpha value is -2.34. The number of hydrogen-bond acceptors (Lipinski definition) is 4. The molecule has 0 heterocycles. The highest BCUT2D eigenvalue weighted by Crippen LogP contribution is 2.27. The summed E-state index contributed by atoms with van der Waals surface area (Å²) < 4.78 is 31.2. The lowest BCUT2D eigenvalue weighted by Gasteiger charge is -2.22. The Labute approximate surface area is 130 Å². The molecule has 2 aromatic carbocycles. The van der Waals surface area contributed by atoms with Gasteiger partial charge in [0.1, 0.15) is 0 Å². The van der Waals surface area contributed by atoms with Crippen LogP contribution in [0.3, 0.4) is 0 Å². The SMILES string of the molecule is COC(=O)c1cccc(N(C)S(=O)(=O)c2ccccc2)c1C. The molecular weight excluding hydrogens is 302 g/mol. The number of ether oxygens (including phenoxy) is 1. The van der Waals surface area contributed by atoms with E-state index in [1.807, 2.05) is 0 Å². The summed E-state index contributed by atoms with van der Waals surface area (Å²) in [5.41, 5.74) is 1.33. The zero-order chi connectivity index (χ0) is 16.3. The van der Waals surface area contributed by atoms with E-state index in [0.717, 1.165) is 0 Å². The number of hydrogen-bond donors (Lipinski definition) is 0. The van der Waals surface area contributed by atoms with E-state index in [2.05, 4.69) is 0 Å². The van der Waals surface area contributed by atoms with Crippen LogP contribution in [0, 0.1) is 6.92 Å². The van der Waals surface area contributed by atoms with Gasteiger partial charge in [-0.2, -0.15) is 0 Å². The first-order chi connectivity index (χ1) is 10.4. The smallest absolute Gasteiger partial charge is 0.338 e. The standard InChI is InChI=1S/C16H17NO4S/c1-12-14(16(18)21-3)10-7-11-15(12)17(2)22(19,20)13-8-5-4-6-9-13/h4-11H,1-3H3. The van der Waals surface area contributed by atoms with Gasteiger partial charge in [-0.15, -0.1) is 0 Å². The van der Waals surface area contributed by atoms with Crippen LogP contribution >= 0.6 is 0 Å². The number of carbonyl (C=O) groups is 1. The molecule has 6 heteroatoms. The Morgan fingerprint density at radius 2 is 1.68 bits per heavy atom. The topological polar surface area (TPSA) is 63.7 Å². The van der Waals surface area contributed by atoms with Crippen molar-refractivity contribution in [1.82, 2.24) is 0 Å². The van der Waals surface area contributed by atoms with Gasteiger partial charge in [0, 0.05) is 7.05 Å². The van der Waals surface area contributed by atoms with Crippen LogP contribution < -0.4 is 4.31 Å². The molecule has 0 amide bonds. The normalized spacial score (nSPS) is 11.0. The largest absolute Gasteiger partial charge is 0.465 e. The first-order valence-electron chi connectivity index (χ1n) is 6.61. The monoisotopic (exact) mass is 319 g/mol. The molecule has 0 aliphatic rings. The van der Waals surface area contributed by atoms with Gasteiger partial charge < -0.3 is 4.74 Å². The lowest BCUT2D eigenvalue weighted by atomic mass is 10.1. The molecule has 0 saturated carbocycles. The fourth-order valence-electron chi connectivity index (χ4n) is 2.18. The van der Waals surface area contributed by atoms with E-state index in [4.69, 9.17) is 4.74 Å². The van der Waals surface area contributed by atoms with Crippen molar-refractivity contribution < 1.29 is 17.9 Å². The first kappa shape index (κ1) is 16.0. The maximum Gasteiger partial charge on any atom is 0.338 e. The molecule has 0 bridgehead atoms. The Balaban J connectivity index is 2.51. The molecule has 0 unspecified atom stereocenters. The van der Waals surface area contributed by atoms with Gasteiger partial charge in [0.2, 0.25) is 0 Å². The Kier molecular flexibility index (Phi) is 4.51. The molecule has 0 N–H and O–H groups in total. The summed E-state index contributed by atoms with van der Waals surface area (Å²) in [4.78, 5) is 11.9. The molecule has 0 saturated heterocycles. The third-order valence-corrected chi connectivity index (χ3v) is 5.24. The fraction of sp³-hybridized carbons (Fsp3) is 0.188. The maximum absolute atomic E-state index is 12.6. The fourth-order valence-corrected chi connectivity index (χ4v) is 3.45. The molecule has 0 aromatic heterocycles. The van der Waals surface area contributed by atoms with E-state index >= 15 is 0 Å². The number of esters is 1. The number of anilines is 1. The molecule has 22 heavy (non-hydrogen) atoms. The van der Waals surface area contributed by atoms with Gasteiger partial charge >= 0.3 is 5.97 Å². The second-order valence-electron chi connectivity index (χ2n) is 4.73. The van der Waals surface area contributed by atoms with E-state index < -0.39 is 16.0 Å². The summed E-state index contributed by atoms with van der Waals surface area (Å²) in [6, 6.07) is 13.0. The van der Waals surface area contributed by atoms with Crippen LogP contribution in [0.1, 0.15) is 15.9 Å². The number of carbonyl (C=O) groups excluding carboxylic acids is 1. The van der Waals surface area contributed by atoms with Gasteiger partial charge in [0.05, 0.1) is 23.3 Å². The van der Waals surface area contributed by atoms with Crippen molar-refractivity contribution in [3.05, 3.63) is 59.7 Å². The second kappa shape index (κ2) is 6.19. The van der Waals surface area contributed by atoms with Crippen molar-refractivity contribution in [2.24, 2.45) is 0 Å². The van der Waals surface area contributed by atoms with Crippen molar-refractivity contribution in [2.45, 2.75) is 11.8 Å². The summed E-state index contributed by atoms with van der Waals surface area (Å²) in [5, 5.41) is 0. The predicted molar refractivity (Wildman–Crippen MR) is 84.5 cm³/mol. The second-order valence-corrected chi connectivity index (χ2v) is 6.70. The van der Waals surface area contributed by atoms with Gasteiger partial charge in [0.25, 0.3) is 10.0 Å². The van der Waals surface area contributed by atoms with Gasteiger partial charge in [-0.1, -0.05) is 24.3 Å². The maximum atomic E-state index is 12.6. The summed E-state index contributed by atoms with van der Waals surface area (Å²) in [6.45, 7) is 1.69. The Bertz CT molecular complexity index is 785. The van der Waals surface area contributed by atoms with E-state index in [0.29, 0.717) is 16.8 Å². The van der Waals surface area contributed by atoms with Crippen LogP contribution in [0.4, 0.5) is 5.69 Å². The van der Waals surface area contributed by atoms with Crippen LogP contribution in [0.5, 0.6) is 0 Å². The van der Waals surface area contributed by atoms with Crippen molar-refractivity contribution in [3.63, 3.8) is 0 Å². The minimum atomic E-state index is -3.68. The first-order valence-corrected chi connectivity index (χ1v) is 8.05. The molecule has 0 aliphatic heterocycles. The summed E-state index contributed by atoms with van der Waals surface area (Å²) >= 11 is 0. The van der Waals surface area contributed by atoms with Gasteiger partial charge in [-0.3, -0.25) is 4.31 Å². The molecule has 0 aliphatic carbocycles. The summed E-state index contributed by atoms with van der Waals surface area (Å²) in [7, 11) is -0.928. The number of methoxy groups -OCH3 is 1. The highest BCUT2D eigenvalue weighted by Gasteiger charge is 2.24. The zero-order valence-corrected chi connectivity index (χ0v) is 13.4. The van der Waals surface area contributed by atoms with Gasteiger partial charge in [0.15, 0.2) is 0 Å². The predicted octanol–water partition coefficient (Wildman–Crippen LogP) is 2.61. The Morgan fingerprint density at radius 1 is 1.05 bits per heavy atom. The van der Waals surface area contributed by atoms with Crippen molar-refractivity contribution >= 4 is 21.7 Å². The van der Waals surface area contributed by atoms with Gasteiger partial charge in [-0.25, -0.2) is 13.2 Å². The number of rotatable bonds is 4. The van der Waals surface area contributed by atoms with Crippen LogP contribution in [0.25, 0.3) is 0 Å². The number of nitrogens with zero attached hydrogens (tertiary/aromatic N) is 1. The third kappa shape index (κ3) is 2.82. The third-order valence-electron chi connectivity index (χ3n) is 3.45. The molecule has 0 fully saturated rings. The van der Waals surface area contributed by atoms with Gasteiger partial charge in [-0.05, 0) is 36.8 Å². The molecule has 5 nitrogen and oxygen atoms in total. The number of sulfonamides is 1. The summed E-state index contributed by atoms with van der Waals surface area (Å²) in [6.07, 6.45) is 0. The number of benzene rings is 2. The van der Waals surface area contributed by atoms with Crippen molar-refractivity contribution in [3.8, 4) is 0 Å². The highest BCUT2D eigenvalue weighted by atomic mass is 32.2. The molecule has 0 atom stereocenters. The highest BCUT2D eigenvalue weighted by molar-refractivity contribution is 7.92. The van der Waals surface area contributed by atoms with E-state index in [9.17, 15) is 13.2 Å². The van der Waals surface area contributed by atoms with E-state index in [-0.39, 0.29) is 4.90 Å². The molecular formula is C16H17NO4S. The average Bonchev–Trinajstić information content (AvgIpc) is 2.54. The molecule has 0 spiro atoms. The molecule has 2 aromatic rings.